The topological polar surface area (TPSA) is 58.9 Å². The number of rotatable bonds is 5. The van der Waals surface area contributed by atoms with Gasteiger partial charge in [0.25, 0.3) is 0 Å². The van der Waals surface area contributed by atoms with Crippen LogP contribution in [0.4, 0.5) is 0 Å². The second-order valence-corrected chi connectivity index (χ2v) is 13.6. The van der Waals surface area contributed by atoms with E-state index in [9.17, 15) is 10.2 Å². The van der Waals surface area contributed by atoms with Crippen LogP contribution in [0.3, 0.4) is 0 Å². The normalized spacial score (nSPS) is 12.2. The Balaban J connectivity index is 2.16. The molecule has 2 N–H and O–H groups in total. The average molecular weight is 335 g/mol. The van der Waals surface area contributed by atoms with Crippen LogP contribution >= 0.6 is 0 Å². The van der Waals surface area contributed by atoms with Crippen molar-refractivity contribution in [3.05, 3.63) is 48.5 Å². The molecule has 0 saturated carbocycles. The van der Waals surface area contributed by atoms with Crippen LogP contribution in [0.25, 0.3) is 0 Å². The molecule has 4 nitrogen and oxygen atoms in total. The van der Waals surface area contributed by atoms with E-state index in [0.29, 0.717) is 5.75 Å². The molecule has 2 aromatic rings. The van der Waals surface area contributed by atoms with E-state index in [1.807, 2.05) is 25.2 Å². The summed E-state index contributed by atoms with van der Waals surface area (Å²) in [6, 6.07) is 13.9. The van der Waals surface area contributed by atoms with Gasteiger partial charge in [-0.15, -0.1) is 0 Å². The molecule has 0 radical (unpaired) electrons. The molecule has 0 fully saturated rings. The minimum absolute atomic E-state index is 0.173. The third-order valence-corrected chi connectivity index (χ3v) is 9.66. The van der Waals surface area contributed by atoms with Gasteiger partial charge in [-0.05, 0) is 55.6 Å². The van der Waals surface area contributed by atoms with Gasteiger partial charge >= 0.3 is 8.56 Å². The van der Waals surface area contributed by atoms with Crippen LogP contribution in [0, 0.1) is 0 Å². The van der Waals surface area contributed by atoms with Crippen LogP contribution in [0.2, 0.25) is 26.2 Å². The minimum Gasteiger partial charge on any atom is -0.521 e. The molecule has 0 aromatic heterocycles. The first-order valence-corrected chi connectivity index (χ1v) is 12.9. The van der Waals surface area contributed by atoms with Gasteiger partial charge in [0, 0.05) is 6.07 Å². The summed E-state index contributed by atoms with van der Waals surface area (Å²) in [6.45, 7) is 8.13. The van der Waals surface area contributed by atoms with Gasteiger partial charge in [0.1, 0.15) is 17.2 Å². The second kappa shape index (κ2) is 6.15. The SMILES string of the molecule is C[Si](C)(Oc1cccc(O)c1)O[Si](C)(C)c1cccc(O)c1. The van der Waals surface area contributed by atoms with Crippen LogP contribution in [0.15, 0.2) is 48.5 Å². The van der Waals surface area contributed by atoms with Crippen LogP contribution in [-0.4, -0.2) is 27.1 Å². The zero-order valence-corrected chi connectivity index (χ0v) is 15.3. The first-order valence-electron chi connectivity index (χ1n) is 7.16. The molecule has 0 bridgehead atoms. The maximum absolute atomic E-state index is 9.66. The largest absolute Gasteiger partial charge is 0.521 e. The van der Waals surface area contributed by atoms with E-state index in [2.05, 4.69) is 13.1 Å². The number of phenolic OH excluding ortho intramolecular Hbond substituents is 2. The number of aromatic hydroxyl groups is 2. The van der Waals surface area contributed by atoms with Gasteiger partial charge in [-0.2, -0.15) is 0 Å². The van der Waals surface area contributed by atoms with Crippen molar-refractivity contribution < 1.29 is 18.8 Å². The maximum atomic E-state index is 9.66. The van der Waals surface area contributed by atoms with E-state index < -0.39 is 16.9 Å². The predicted octanol–water partition coefficient (Wildman–Crippen LogP) is 3.31. The Morgan fingerprint density at radius 2 is 1.41 bits per heavy atom. The highest BCUT2D eigenvalue weighted by molar-refractivity contribution is 6.91. The second-order valence-electron chi connectivity index (χ2n) is 6.16. The molecule has 0 aliphatic heterocycles. The molecule has 0 heterocycles. The first kappa shape index (κ1) is 16.6. The lowest BCUT2D eigenvalue weighted by molar-refractivity contribution is 0.397. The fourth-order valence-corrected chi connectivity index (χ4v) is 9.65. The molecule has 0 saturated heterocycles. The molecular formula is C16H22O4Si2. The summed E-state index contributed by atoms with van der Waals surface area (Å²) in [7, 11) is -4.63. The standard InChI is InChI=1S/C16H22O4Si2/c1-21(2,16-10-6-8-14(18)12-16)20-22(3,4)19-15-9-5-7-13(17)11-15/h5-12,17-18H,1-4H3. The van der Waals surface area contributed by atoms with E-state index in [1.165, 1.54) is 0 Å². The Bertz CT molecular complexity index is 656. The Morgan fingerprint density at radius 1 is 0.818 bits per heavy atom. The van der Waals surface area contributed by atoms with E-state index >= 15 is 0 Å². The van der Waals surface area contributed by atoms with Crippen molar-refractivity contribution in [2.45, 2.75) is 26.2 Å². The maximum Gasteiger partial charge on any atom is 0.382 e. The summed E-state index contributed by atoms with van der Waals surface area (Å²) >= 11 is 0. The van der Waals surface area contributed by atoms with Crippen molar-refractivity contribution in [2.75, 3.05) is 0 Å². The Hall–Kier alpha value is -1.77. The van der Waals surface area contributed by atoms with Crippen LogP contribution in [0.5, 0.6) is 17.2 Å². The third-order valence-electron chi connectivity index (χ3n) is 3.22. The summed E-state index contributed by atoms with van der Waals surface area (Å²) in [5, 5.41) is 20.2. The van der Waals surface area contributed by atoms with Gasteiger partial charge in [-0.25, -0.2) is 0 Å². The van der Waals surface area contributed by atoms with E-state index in [0.717, 1.165) is 5.19 Å². The van der Waals surface area contributed by atoms with Gasteiger partial charge in [0.05, 0.1) is 0 Å². The molecule has 0 atom stereocenters. The summed E-state index contributed by atoms with van der Waals surface area (Å²) < 4.78 is 12.4. The lowest BCUT2D eigenvalue weighted by Crippen LogP contribution is -2.55. The van der Waals surface area contributed by atoms with Crippen molar-refractivity contribution >= 4 is 22.1 Å². The zero-order valence-electron chi connectivity index (χ0n) is 13.3. The monoisotopic (exact) mass is 334 g/mol. The van der Waals surface area contributed by atoms with Crippen molar-refractivity contribution in [2.24, 2.45) is 0 Å². The number of hydrogen-bond acceptors (Lipinski definition) is 4. The smallest absolute Gasteiger partial charge is 0.382 e. The Kier molecular flexibility index (Phi) is 4.64. The fourth-order valence-electron chi connectivity index (χ4n) is 2.41. The Morgan fingerprint density at radius 3 is 2.00 bits per heavy atom. The van der Waals surface area contributed by atoms with Crippen LogP contribution in [0.1, 0.15) is 0 Å². The molecule has 2 aromatic carbocycles. The minimum atomic E-state index is -2.43. The highest BCUT2D eigenvalue weighted by atomic mass is 28.4. The molecule has 0 aliphatic rings. The van der Waals surface area contributed by atoms with Gasteiger partial charge in [-0.3, -0.25) is 0 Å². The summed E-state index contributed by atoms with van der Waals surface area (Å²) in [4.78, 5) is 0. The quantitative estimate of drug-likeness (QED) is 0.824. The third kappa shape index (κ3) is 4.36. The molecule has 0 aliphatic carbocycles. The van der Waals surface area contributed by atoms with Gasteiger partial charge in [0.2, 0.25) is 8.32 Å². The van der Waals surface area contributed by atoms with Crippen molar-refractivity contribution in [3.8, 4) is 17.2 Å². The molecule has 2 rings (SSSR count). The fraction of sp³-hybridized carbons (Fsp3) is 0.250. The lowest BCUT2D eigenvalue weighted by Gasteiger charge is -2.33. The first-order chi connectivity index (χ1) is 10.2. The van der Waals surface area contributed by atoms with Gasteiger partial charge in [0.15, 0.2) is 0 Å². The van der Waals surface area contributed by atoms with E-state index in [1.54, 1.807) is 36.4 Å². The van der Waals surface area contributed by atoms with Crippen LogP contribution < -0.4 is 9.61 Å². The molecule has 0 amide bonds. The summed E-state index contributed by atoms with van der Waals surface area (Å²) in [5.74, 6) is 1.03. The zero-order chi connectivity index (χ0) is 16.4. The number of hydrogen-bond donors (Lipinski definition) is 2. The van der Waals surface area contributed by atoms with Crippen molar-refractivity contribution in [1.29, 1.82) is 0 Å². The van der Waals surface area contributed by atoms with E-state index in [-0.39, 0.29) is 11.5 Å². The van der Waals surface area contributed by atoms with Crippen molar-refractivity contribution in [3.63, 3.8) is 0 Å². The summed E-state index contributed by atoms with van der Waals surface area (Å²) in [5.41, 5.74) is 0. The van der Waals surface area contributed by atoms with E-state index in [4.69, 9.17) is 8.54 Å². The average Bonchev–Trinajstić information content (AvgIpc) is 2.36. The van der Waals surface area contributed by atoms with Crippen molar-refractivity contribution in [1.82, 2.24) is 0 Å². The van der Waals surface area contributed by atoms with Gasteiger partial charge in [-0.1, -0.05) is 18.2 Å². The molecular weight excluding hydrogens is 312 g/mol. The molecule has 0 unspecified atom stereocenters. The molecule has 22 heavy (non-hydrogen) atoms. The predicted molar refractivity (Wildman–Crippen MR) is 92.5 cm³/mol. The molecule has 118 valence electrons. The highest BCUT2D eigenvalue weighted by Gasteiger charge is 2.37. The molecule has 0 spiro atoms. The highest BCUT2D eigenvalue weighted by Crippen LogP contribution is 2.24. The summed E-state index contributed by atoms with van der Waals surface area (Å²) in [6.07, 6.45) is 0. The molecule has 6 heteroatoms. The van der Waals surface area contributed by atoms with Gasteiger partial charge < -0.3 is 18.8 Å². The Labute approximate surface area is 133 Å². The number of benzene rings is 2. The number of phenols is 2. The van der Waals surface area contributed by atoms with Crippen LogP contribution in [-0.2, 0) is 4.12 Å². The lowest BCUT2D eigenvalue weighted by atomic mass is 10.3.